The van der Waals surface area contributed by atoms with E-state index in [9.17, 15) is 14.4 Å². The molecule has 0 atom stereocenters. The summed E-state index contributed by atoms with van der Waals surface area (Å²) in [6, 6.07) is 17.6. The molecular formula is C30H34N4O5. The number of unbranched alkanes of at least 4 members (excludes halogenated alkanes) is 1. The number of ether oxygens (including phenoxy) is 2. The molecule has 0 fully saturated rings. The molecule has 0 heterocycles. The molecule has 0 aromatic heterocycles. The van der Waals surface area contributed by atoms with Crippen LogP contribution in [0.4, 0.5) is 11.4 Å². The number of anilines is 2. The Hall–Kier alpha value is -4.66. The van der Waals surface area contributed by atoms with E-state index in [4.69, 9.17) is 9.47 Å². The van der Waals surface area contributed by atoms with E-state index in [1.165, 1.54) is 6.21 Å². The van der Waals surface area contributed by atoms with Gasteiger partial charge in [0.2, 0.25) is 0 Å². The molecule has 0 bridgehead atoms. The SMILES string of the molecule is CCCCOc1ccc(NC(=O)C(=O)N/N=C\c2ccc(OCC(=O)Nc3c(C)cc(C)cc3C)cc2)cc1. The first-order valence-electron chi connectivity index (χ1n) is 12.7. The number of aryl methyl sites for hydroxylation is 3. The lowest BCUT2D eigenvalue weighted by Gasteiger charge is -2.13. The first-order chi connectivity index (χ1) is 18.7. The zero-order chi connectivity index (χ0) is 28.2. The first-order valence-corrected chi connectivity index (χ1v) is 12.7. The predicted molar refractivity (Wildman–Crippen MR) is 152 cm³/mol. The van der Waals surface area contributed by atoms with Gasteiger partial charge in [0.25, 0.3) is 5.91 Å². The summed E-state index contributed by atoms with van der Waals surface area (Å²) >= 11 is 0. The van der Waals surface area contributed by atoms with E-state index in [-0.39, 0.29) is 12.5 Å². The highest BCUT2D eigenvalue weighted by Crippen LogP contribution is 2.22. The maximum atomic E-state index is 12.3. The molecule has 0 radical (unpaired) electrons. The number of benzene rings is 3. The number of nitrogens with one attached hydrogen (secondary N) is 3. The van der Waals surface area contributed by atoms with Gasteiger partial charge in [-0.15, -0.1) is 0 Å². The molecule has 0 saturated heterocycles. The fraction of sp³-hybridized carbons (Fsp3) is 0.267. The predicted octanol–water partition coefficient (Wildman–Crippen LogP) is 4.90. The second kappa shape index (κ2) is 14.3. The molecule has 0 saturated carbocycles. The molecule has 3 aromatic rings. The minimum atomic E-state index is -0.903. The largest absolute Gasteiger partial charge is 0.494 e. The van der Waals surface area contributed by atoms with E-state index in [1.807, 2.05) is 32.9 Å². The van der Waals surface area contributed by atoms with Crippen LogP contribution in [-0.2, 0) is 14.4 Å². The highest BCUT2D eigenvalue weighted by atomic mass is 16.5. The molecule has 39 heavy (non-hydrogen) atoms. The van der Waals surface area contributed by atoms with Crippen LogP contribution in [0.25, 0.3) is 0 Å². The maximum Gasteiger partial charge on any atom is 0.329 e. The van der Waals surface area contributed by atoms with Crippen molar-refractivity contribution in [3.8, 4) is 11.5 Å². The van der Waals surface area contributed by atoms with Crippen molar-refractivity contribution in [2.24, 2.45) is 5.10 Å². The number of hydrogen-bond acceptors (Lipinski definition) is 6. The molecule has 3 aromatic carbocycles. The van der Waals surface area contributed by atoms with Crippen molar-refractivity contribution in [1.82, 2.24) is 5.43 Å². The Labute approximate surface area is 228 Å². The zero-order valence-corrected chi connectivity index (χ0v) is 22.7. The van der Waals surface area contributed by atoms with Crippen LogP contribution in [0.2, 0.25) is 0 Å². The van der Waals surface area contributed by atoms with Crippen molar-refractivity contribution in [2.45, 2.75) is 40.5 Å². The van der Waals surface area contributed by atoms with E-state index in [0.717, 1.165) is 35.2 Å². The smallest absolute Gasteiger partial charge is 0.329 e. The minimum absolute atomic E-state index is 0.139. The lowest BCUT2D eigenvalue weighted by atomic mass is 10.1. The van der Waals surface area contributed by atoms with Gasteiger partial charge in [0.15, 0.2) is 6.61 Å². The molecule has 0 aliphatic carbocycles. The lowest BCUT2D eigenvalue weighted by Crippen LogP contribution is -2.32. The molecule has 0 unspecified atom stereocenters. The van der Waals surface area contributed by atoms with Gasteiger partial charge in [-0.2, -0.15) is 5.10 Å². The number of hydrogen-bond donors (Lipinski definition) is 3. The summed E-state index contributed by atoms with van der Waals surface area (Å²) in [7, 11) is 0. The Kier molecular flexibility index (Phi) is 10.6. The van der Waals surface area contributed by atoms with Gasteiger partial charge < -0.3 is 20.1 Å². The Balaban J connectivity index is 1.42. The fourth-order valence-corrected chi connectivity index (χ4v) is 3.72. The van der Waals surface area contributed by atoms with Crippen molar-refractivity contribution >= 4 is 35.3 Å². The van der Waals surface area contributed by atoms with Crippen molar-refractivity contribution in [3.63, 3.8) is 0 Å². The van der Waals surface area contributed by atoms with Crippen molar-refractivity contribution in [3.05, 3.63) is 82.9 Å². The van der Waals surface area contributed by atoms with Gasteiger partial charge in [-0.1, -0.05) is 31.0 Å². The molecule has 9 nitrogen and oxygen atoms in total. The van der Waals surface area contributed by atoms with Crippen LogP contribution in [0, 0.1) is 20.8 Å². The Bertz CT molecular complexity index is 1300. The standard InChI is InChI=1S/C30H34N4O5/c1-5-6-15-38-25-13-9-24(10-14-25)32-29(36)30(37)34-31-18-23-7-11-26(12-8-23)39-19-27(35)33-28-21(3)16-20(2)17-22(28)4/h7-14,16-18H,5-6,15,19H2,1-4H3,(H,32,36)(H,33,35)(H,34,37)/b31-18-. The highest BCUT2D eigenvalue weighted by Gasteiger charge is 2.13. The zero-order valence-electron chi connectivity index (χ0n) is 22.7. The van der Waals surface area contributed by atoms with Crippen molar-refractivity contribution in [1.29, 1.82) is 0 Å². The average molecular weight is 531 g/mol. The summed E-state index contributed by atoms with van der Waals surface area (Å²) in [6.07, 6.45) is 3.40. The summed E-state index contributed by atoms with van der Waals surface area (Å²) in [4.78, 5) is 36.5. The monoisotopic (exact) mass is 530 g/mol. The number of carbonyl (C=O) groups excluding carboxylic acids is 3. The number of amides is 3. The molecule has 0 spiro atoms. The molecule has 0 aliphatic heterocycles. The second-order valence-electron chi connectivity index (χ2n) is 9.06. The van der Waals surface area contributed by atoms with E-state index < -0.39 is 11.8 Å². The number of nitrogens with zero attached hydrogens (tertiary/aromatic N) is 1. The average Bonchev–Trinajstić information content (AvgIpc) is 2.91. The molecule has 3 N–H and O–H groups in total. The van der Waals surface area contributed by atoms with Crippen molar-refractivity contribution < 1.29 is 23.9 Å². The summed E-state index contributed by atoms with van der Waals surface area (Å²) < 4.78 is 11.2. The van der Waals surface area contributed by atoms with E-state index in [1.54, 1.807) is 48.5 Å². The van der Waals surface area contributed by atoms with Crippen LogP contribution in [0.5, 0.6) is 11.5 Å². The Morgan fingerprint density at radius 3 is 2.08 bits per heavy atom. The third-order valence-corrected chi connectivity index (χ3v) is 5.66. The lowest BCUT2D eigenvalue weighted by molar-refractivity contribution is -0.136. The maximum absolute atomic E-state index is 12.3. The summed E-state index contributed by atoms with van der Waals surface area (Å²) in [5.74, 6) is -0.801. The van der Waals surface area contributed by atoms with Gasteiger partial charge in [-0.05, 0) is 92.4 Å². The normalized spacial score (nSPS) is 10.7. The number of carbonyl (C=O) groups is 3. The highest BCUT2D eigenvalue weighted by molar-refractivity contribution is 6.39. The van der Waals surface area contributed by atoms with Crippen molar-refractivity contribution in [2.75, 3.05) is 23.8 Å². The number of hydrazone groups is 1. The van der Waals surface area contributed by atoms with Gasteiger partial charge in [0.1, 0.15) is 11.5 Å². The van der Waals surface area contributed by atoms with Crippen LogP contribution in [0.1, 0.15) is 42.0 Å². The first kappa shape index (κ1) is 28.9. The topological polar surface area (TPSA) is 118 Å². The molecule has 3 amide bonds. The van der Waals surface area contributed by atoms with Gasteiger partial charge in [-0.25, -0.2) is 5.43 Å². The molecule has 0 aliphatic rings. The van der Waals surface area contributed by atoms with Gasteiger partial charge >= 0.3 is 11.8 Å². The molecule has 204 valence electrons. The summed E-state index contributed by atoms with van der Waals surface area (Å²) in [6.45, 7) is 8.50. The van der Waals surface area contributed by atoms with Gasteiger partial charge in [0.05, 0.1) is 12.8 Å². The second-order valence-corrected chi connectivity index (χ2v) is 9.06. The van der Waals surface area contributed by atoms with Gasteiger partial charge in [-0.3, -0.25) is 14.4 Å². The summed E-state index contributed by atoms with van der Waals surface area (Å²) in [5, 5.41) is 9.23. The van der Waals surface area contributed by atoms with E-state index >= 15 is 0 Å². The molecule has 3 rings (SSSR count). The molecule has 9 heteroatoms. The van der Waals surface area contributed by atoms with E-state index in [2.05, 4.69) is 28.1 Å². The van der Waals surface area contributed by atoms with Crippen LogP contribution in [0.15, 0.2) is 65.8 Å². The number of rotatable bonds is 11. The van der Waals surface area contributed by atoms with Crippen LogP contribution < -0.4 is 25.5 Å². The fourth-order valence-electron chi connectivity index (χ4n) is 3.72. The van der Waals surface area contributed by atoms with Gasteiger partial charge in [0, 0.05) is 11.4 Å². The Morgan fingerprint density at radius 2 is 1.44 bits per heavy atom. The molecular weight excluding hydrogens is 496 g/mol. The minimum Gasteiger partial charge on any atom is -0.494 e. The Morgan fingerprint density at radius 1 is 0.821 bits per heavy atom. The van der Waals surface area contributed by atoms with E-state index in [0.29, 0.717) is 29.4 Å². The van der Waals surface area contributed by atoms with Crippen LogP contribution in [-0.4, -0.2) is 37.1 Å². The summed E-state index contributed by atoms with van der Waals surface area (Å²) in [5.41, 5.74) is 7.25. The third kappa shape index (κ3) is 9.30. The van der Waals surface area contributed by atoms with Crippen LogP contribution in [0.3, 0.4) is 0 Å². The van der Waals surface area contributed by atoms with Crippen LogP contribution >= 0.6 is 0 Å². The quantitative estimate of drug-likeness (QED) is 0.141. The third-order valence-electron chi connectivity index (χ3n) is 5.66.